The largest absolute Gasteiger partial charge is 0.374 e. The summed E-state index contributed by atoms with van der Waals surface area (Å²) in [6, 6.07) is 6.81. The Bertz CT molecular complexity index is 507. The summed E-state index contributed by atoms with van der Waals surface area (Å²) in [6.07, 6.45) is 3.49. The Morgan fingerprint density at radius 1 is 1.52 bits per heavy atom. The zero-order valence-corrected chi connectivity index (χ0v) is 15.9. The Kier molecular flexibility index (Phi) is 5.42. The molecule has 0 bridgehead atoms. The predicted octanol–water partition coefficient (Wildman–Crippen LogP) is 4.51. The maximum atomic E-state index is 6.31. The van der Waals surface area contributed by atoms with Gasteiger partial charge in [-0.1, -0.05) is 17.7 Å². The van der Waals surface area contributed by atoms with Gasteiger partial charge in [0.05, 0.1) is 10.6 Å². The van der Waals surface area contributed by atoms with Crippen LogP contribution in [0.3, 0.4) is 0 Å². The average Bonchev–Trinajstić information content (AvgIpc) is 2.91. The van der Waals surface area contributed by atoms with E-state index >= 15 is 0 Å². The van der Waals surface area contributed by atoms with E-state index in [1.165, 1.54) is 17.7 Å². The highest BCUT2D eigenvalue weighted by atomic mass is 127. The number of rotatable bonds is 3. The van der Waals surface area contributed by atoms with E-state index < -0.39 is 0 Å². The van der Waals surface area contributed by atoms with Gasteiger partial charge < -0.3 is 10.1 Å². The first-order chi connectivity index (χ1) is 10.1. The first-order valence-corrected chi connectivity index (χ1v) is 10.1. The van der Waals surface area contributed by atoms with E-state index in [4.69, 9.17) is 16.3 Å². The molecule has 116 valence electrons. The van der Waals surface area contributed by atoms with Crippen molar-refractivity contribution in [3.63, 3.8) is 0 Å². The lowest BCUT2D eigenvalue weighted by atomic mass is 9.79. The Morgan fingerprint density at radius 3 is 3.05 bits per heavy atom. The van der Waals surface area contributed by atoms with E-state index in [1.807, 2.05) is 11.8 Å². The summed E-state index contributed by atoms with van der Waals surface area (Å²) in [5.74, 6) is 3.03. The van der Waals surface area contributed by atoms with Crippen molar-refractivity contribution in [3.05, 3.63) is 32.4 Å². The van der Waals surface area contributed by atoms with Gasteiger partial charge in [0, 0.05) is 22.0 Å². The Morgan fingerprint density at radius 2 is 2.38 bits per heavy atom. The van der Waals surface area contributed by atoms with Gasteiger partial charge in [-0.3, -0.25) is 0 Å². The molecule has 21 heavy (non-hydrogen) atoms. The molecule has 1 aromatic carbocycles. The third-order valence-corrected chi connectivity index (χ3v) is 7.48. The monoisotopic (exact) mass is 437 g/mol. The van der Waals surface area contributed by atoms with Gasteiger partial charge in [0.2, 0.25) is 0 Å². The smallest absolute Gasteiger partial charge is 0.0783 e. The second kappa shape index (κ2) is 6.95. The molecular weight excluding hydrogens is 417 g/mol. The molecule has 3 atom stereocenters. The normalized spacial score (nSPS) is 30.7. The molecule has 2 saturated heterocycles. The van der Waals surface area contributed by atoms with Crippen LogP contribution in [0.1, 0.15) is 30.9 Å². The summed E-state index contributed by atoms with van der Waals surface area (Å²) in [5.41, 5.74) is 1.44. The molecule has 2 fully saturated rings. The maximum absolute atomic E-state index is 6.31. The van der Waals surface area contributed by atoms with Gasteiger partial charge in [0.15, 0.2) is 0 Å². The molecule has 2 nitrogen and oxygen atoms in total. The summed E-state index contributed by atoms with van der Waals surface area (Å²) in [7, 11) is 2.06. The highest BCUT2D eigenvalue weighted by Crippen LogP contribution is 2.44. The van der Waals surface area contributed by atoms with E-state index in [2.05, 4.69) is 53.2 Å². The van der Waals surface area contributed by atoms with Crippen molar-refractivity contribution in [2.75, 3.05) is 25.2 Å². The first-order valence-electron chi connectivity index (χ1n) is 7.47. The lowest BCUT2D eigenvalue weighted by Gasteiger charge is -2.41. The second-order valence-corrected chi connectivity index (χ2v) is 8.70. The lowest BCUT2D eigenvalue weighted by Crippen LogP contribution is -2.43. The SMILES string of the molecule is CNC(c1ccc(I)c(Cl)c1)C1CCOC2(CCSC2)C1. The number of thioether (sulfide) groups is 1. The third kappa shape index (κ3) is 3.55. The van der Waals surface area contributed by atoms with Gasteiger partial charge in [-0.15, -0.1) is 0 Å². The summed E-state index contributed by atoms with van der Waals surface area (Å²) in [6.45, 7) is 0.890. The Labute approximate surface area is 149 Å². The maximum Gasteiger partial charge on any atom is 0.0783 e. The minimum atomic E-state index is 0.135. The molecule has 2 heterocycles. The number of hydrogen-bond acceptors (Lipinski definition) is 3. The number of benzene rings is 1. The van der Waals surface area contributed by atoms with Crippen LogP contribution in [0.25, 0.3) is 0 Å². The molecule has 0 amide bonds. The van der Waals surface area contributed by atoms with Crippen molar-refractivity contribution < 1.29 is 4.74 Å². The second-order valence-electron chi connectivity index (χ2n) is 6.03. The van der Waals surface area contributed by atoms with Crippen molar-refractivity contribution in [2.45, 2.75) is 30.9 Å². The van der Waals surface area contributed by atoms with Gasteiger partial charge in [-0.05, 0) is 78.3 Å². The number of halogens is 2. The summed E-state index contributed by atoms with van der Waals surface area (Å²) in [4.78, 5) is 0. The summed E-state index contributed by atoms with van der Waals surface area (Å²) in [5, 5.41) is 4.37. The van der Waals surface area contributed by atoms with Crippen molar-refractivity contribution >= 4 is 46.0 Å². The zero-order chi connectivity index (χ0) is 14.9. The number of nitrogens with one attached hydrogen (secondary N) is 1. The highest BCUT2D eigenvalue weighted by molar-refractivity contribution is 14.1. The predicted molar refractivity (Wildman–Crippen MR) is 99.3 cm³/mol. The van der Waals surface area contributed by atoms with Crippen LogP contribution in [0.15, 0.2) is 18.2 Å². The van der Waals surface area contributed by atoms with Gasteiger partial charge in [0.1, 0.15) is 0 Å². The molecule has 0 aliphatic carbocycles. The van der Waals surface area contributed by atoms with Crippen LogP contribution < -0.4 is 5.32 Å². The van der Waals surface area contributed by atoms with Gasteiger partial charge in [-0.2, -0.15) is 11.8 Å². The van der Waals surface area contributed by atoms with E-state index in [9.17, 15) is 0 Å². The molecule has 0 radical (unpaired) electrons. The van der Waals surface area contributed by atoms with Crippen LogP contribution in [0.2, 0.25) is 5.02 Å². The molecule has 5 heteroatoms. The average molecular weight is 438 g/mol. The van der Waals surface area contributed by atoms with Crippen LogP contribution in [0, 0.1) is 9.49 Å². The fraction of sp³-hybridized carbons (Fsp3) is 0.625. The quantitative estimate of drug-likeness (QED) is 0.703. The van der Waals surface area contributed by atoms with Gasteiger partial charge >= 0.3 is 0 Å². The molecular formula is C16H21ClINOS. The molecule has 0 saturated carbocycles. The van der Waals surface area contributed by atoms with Crippen molar-refractivity contribution in [1.29, 1.82) is 0 Å². The van der Waals surface area contributed by atoms with Crippen LogP contribution in [-0.4, -0.2) is 30.8 Å². The molecule has 1 N–H and O–H groups in total. The molecule has 2 aliphatic rings. The standard InChI is InChI=1S/C16H21ClINOS/c1-19-15(11-2-3-14(18)13(17)8-11)12-4-6-20-16(9-12)5-7-21-10-16/h2-3,8,12,15,19H,4-7,9-10H2,1H3. The number of hydrogen-bond donors (Lipinski definition) is 1. The zero-order valence-electron chi connectivity index (χ0n) is 12.2. The van der Waals surface area contributed by atoms with E-state index in [0.29, 0.717) is 12.0 Å². The highest BCUT2D eigenvalue weighted by Gasteiger charge is 2.42. The fourth-order valence-corrected chi connectivity index (χ4v) is 5.50. The van der Waals surface area contributed by atoms with Crippen LogP contribution in [-0.2, 0) is 4.74 Å². The van der Waals surface area contributed by atoms with E-state index in [1.54, 1.807) is 0 Å². The first kappa shape index (κ1) is 16.4. The van der Waals surface area contributed by atoms with Crippen LogP contribution in [0.4, 0.5) is 0 Å². The van der Waals surface area contributed by atoms with Gasteiger partial charge in [-0.25, -0.2) is 0 Å². The Balaban J connectivity index is 1.80. The van der Waals surface area contributed by atoms with E-state index in [0.717, 1.165) is 33.8 Å². The molecule has 3 unspecified atom stereocenters. The molecule has 3 rings (SSSR count). The minimum Gasteiger partial charge on any atom is -0.374 e. The van der Waals surface area contributed by atoms with Crippen LogP contribution in [0.5, 0.6) is 0 Å². The van der Waals surface area contributed by atoms with Crippen molar-refractivity contribution in [1.82, 2.24) is 5.32 Å². The fourth-order valence-electron chi connectivity index (χ4n) is 3.59. The molecule has 2 aliphatic heterocycles. The lowest BCUT2D eigenvalue weighted by molar-refractivity contribution is -0.0850. The van der Waals surface area contributed by atoms with Crippen LogP contribution >= 0.6 is 46.0 Å². The van der Waals surface area contributed by atoms with Crippen molar-refractivity contribution in [3.8, 4) is 0 Å². The summed E-state index contributed by atoms with van der Waals surface area (Å²) >= 11 is 10.6. The van der Waals surface area contributed by atoms with Gasteiger partial charge in [0.25, 0.3) is 0 Å². The summed E-state index contributed by atoms with van der Waals surface area (Å²) < 4.78 is 7.27. The minimum absolute atomic E-state index is 0.135. The van der Waals surface area contributed by atoms with Crippen molar-refractivity contribution in [2.24, 2.45) is 5.92 Å². The molecule has 1 spiro atoms. The Hall–Kier alpha value is 0.510. The topological polar surface area (TPSA) is 21.3 Å². The molecule has 0 aromatic heterocycles. The molecule has 1 aromatic rings. The van der Waals surface area contributed by atoms with E-state index in [-0.39, 0.29) is 5.60 Å². The third-order valence-electron chi connectivity index (χ3n) is 4.68. The number of ether oxygens (including phenoxy) is 1.